The molecule has 1 heterocycles. The minimum atomic E-state index is -1.04. The Morgan fingerprint density at radius 3 is 2.77 bits per heavy atom. The molecule has 0 saturated carbocycles. The first-order valence-corrected chi connectivity index (χ1v) is 8.30. The monoisotopic (exact) mass is 391 g/mol. The summed E-state index contributed by atoms with van der Waals surface area (Å²) >= 11 is 0. The normalized spacial score (nSPS) is 17.8. The molecule has 2 rings (SSSR count). The maximum absolute atomic E-state index is 13.2. The van der Waals surface area contributed by atoms with Gasteiger partial charge in [-0.05, 0) is 31.9 Å². The predicted molar refractivity (Wildman–Crippen MR) is 95.1 cm³/mol. The van der Waals surface area contributed by atoms with E-state index >= 15 is 0 Å². The van der Waals surface area contributed by atoms with Crippen LogP contribution >= 0.6 is 12.4 Å². The van der Waals surface area contributed by atoms with Crippen molar-refractivity contribution >= 4 is 24.2 Å². The van der Waals surface area contributed by atoms with Crippen LogP contribution in [0.5, 0.6) is 5.75 Å². The van der Waals surface area contributed by atoms with Crippen molar-refractivity contribution in [3.8, 4) is 5.75 Å². The van der Waals surface area contributed by atoms with Crippen LogP contribution in [0.1, 0.15) is 19.8 Å². The number of halogens is 3. The summed E-state index contributed by atoms with van der Waals surface area (Å²) < 4.78 is 31.6. The number of nitrogens with one attached hydrogen (secondary N) is 1. The van der Waals surface area contributed by atoms with E-state index in [0.29, 0.717) is 39.0 Å². The third-order valence-electron chi connectivity index (χ3n) is 4.10. The quantitative estimate of drug-likeness (QED) is 0.769. The molecule has 0 aromatic heterocycles. The van der Waals surface area contributed by atoms with Crippen molar-refractivity contribution in [2.24, 2.45) is 11.7 Å². The first-order chi connectivity index (χ1) is 11.9. The minimum absolute atomic E-state index is 0. The van der Waals surface area contributed by atoms with Gasteiger partial charge in [0, 0.05) is 32.2 Å². The van der Waals surface area contributed by atoms with Gasteiger partial charge in [0.1, 0.15) is 5.75 Å². The Balaban J connectivity index is 0.00000338. The molecular weight excluding hydrogens is 368 g/mol. The summed E-state index contributed by atoms with van der Waals surface area (Å²) in [6.07, 6.45) is 0.555. The molecule has 3 N–H and O–H groups in total. The molecule has 2 amide bonds. The summed E-state index contributed by atoms with van der Waals surface area (Å²) in [6, 6.07) is 3.11. The molecule has 1 aliphatic rings. The second kappa shape index (κ2) is 10.3. The fourth-order valence-electron chi connectivity index (χ4n) is 2.79. The molecule has 1 aromatic rings. The van der Waals surface area contributed by atoms with Gasteiger partial charge in [0.2, 0.25) is 5.91 Å². The number of ether oxygens (including phenoxy) is 1. The smallest absolute Gasteiger partial charge is 0.263 e. The lowest BCUT2D eigenvalue weighted by molar-refractivity contribution is -0.141. The Labute approximate surface area is 157 Å². The van der Waals surface area contributed by atoms with Crippen LogP contribution in [0.25, 0.3) is 0 Å². The van der Waals surface area contributed by atoms with Gasteiger partial charge in [0.25, 0.3) is 5.91 Å². The second-order valence-corrected chi connectivity index (χ2v) is 6.04. The first kappa shape index (κ1) is 22.1. The van der Waals surface area contributed by atoms with Crippen LogP contribution in [0.3, 0.4) is 0 Å². The van der Waals surface area contributed by atoms with Crippen LogP contribution in [0.15, 0.2) is 18.2 Å². The number of nitrogens with two attached hydrogens (primary N) is 1. The van der Waals surface area contributed by atoms with Gasteiger partial charge in [0.15, 0.2) is 17.7 Å². The second-order valence-electron chi connectivity index (χ2n) is 6.04. The van der Waals surface area contributed by atoms with E-state index in [0.717, 1.165) is 12.1 Å². The summed E-state index contributed by atoms with van der Waals surface area (Å²) in [7, 11) is 0. The van der Waals surface area contributed by atoms with Crippen molar-refractivity contribution in [2.75, 3.05) is 26.2 Å². The van der Waals surface area contributed by atoms with Crippen molar-refractivity contribution < 1.29 is 23.1 Å². The highest BCUT2D eigenvalue weighted by molar-refractivity contribution is 5.85. The van der Waals surface area contributed by atoms with Crippen LogP contribution in [0, 0.1) is 17.6 Å². The van der Waals surface area contributed by atoms with E-state index in [1.807, 2.05) is 0 Å². The maximum Gasteiger partial charge on any atom is 0.263 e. The van der Waals surface area contributed by atoms with Crippen molar-refractivity contribution in [3.63, 3.8) is 0 Å². The average molecular weight is 392 g/mol. The zero-order valence-electron chi connectivity index (χ0n) is 14.5. The first-order valence-electron chi connectivity index (χ1n) is 8.30. The van der Waals surface area contributed by atoms with Gasteiger partial charge in [-0.1, -0.05) is 0 Å². The number of amides is 2. The fraction of sp³-hybridized carbons (Fsp3) is 0.529. The minimum Gasteiger partial charge on any atom is -0.481 e. The number of carbonyl (C=O) groups excluding carboxylic acids is 2. The van der Waals surface area contributed by atoms with Crippen molar-refractivity contribution in [2.45, 2.75) is 25.9 Å². The molecule has 2 atom stereocenters. The lowest BCUT2D eigenvalue weighted by atomic mass is 9.96. The van der Waals surface area contributed by atoms with E-state index in [2.05, 4.69) is 5.32 Å². The third-order valence-corrected chi connectivity index (χ3v) is 4.10. The van der Waals surface area contributed by atoms with Gasteiger partial charge in [-0.25, -0.2) is 8.78 Å². The number of likely N-dealkylation sites (tertiary alicyclic amines) is 1. The molecule has 6 nitrogen and oxygen atoms in total. The van der Waals surface area contributed by atoms with Crippen LogP contribution in [0.2, 0.25) is 0 Å². The summed E-state index contributed by atoms with van der Waals surface area (Å²) in [5, 5.41) is 2.73. The van der Waals surface area contributed by atoms with Crippen LogP contribution < -0.4 is 15.8 Å². The standard InChI is InChI=1S/C17H23F2N3O3.ClH/c1-11(25-13-4-5-14(18)15(19)9-13)17(24)22-8-2-3-12(10-22)16(23)21-7-6-20;/h4-5,9,11-12H,2-3,6-8,10,20H2,1H3,(H,21,23);1H. The lowest BCUT2D eigenvalue weighted by Crippen LogP contribution is -2.49. The Kier molecular flexibility index (Phi) is 8.74. The van der Waals surface area contributed by atoms with E-state index in [4.69, 9.17) is 10.5 Å². The lowest BCUT2D eigenvalue weighted by Gasteiger charge is -2.33. The highest BCUT2D eigenvalue weighted by Crippen LogP contribution is 2.20. The van der Waals surface area contributed by atoms with Crippen LogP contribution in [-0.2, 0) is 9.59 Å². The molecule has 2 unspecified atom stereocenters. The molecule has 0 bridgehead atoms. The van der Waals surface area contributed by atoms with Gasteiger partial charge >= 0.3 is 0 Å². The number of carbonyl (C=O) groups is 2. The number of benzene rings is 1. The molecule has 0 aliphatic carbocycles. The molecule has 0 spiro atoms. The van der Waals surface area contributed by atoms with E-state index in [9.17, 15) is 18.4 Å². The Bertz CT molecular complexity index is 633. The van der Waals surface area contributed by atoms with Crippen LogP contribution in [-0.4, -0.2) is 49.0 Å². The fourth-order valence-corrected chi connectivity index (χ4v) is 2.79. The van der Waals surface area contributed by atoms with Gasteiger partial charge < -0.3 is 20.7 Å². The topological polar surface area (TPSA) is 84.7 Å². The predicted octanol–water partition coefficient (Wildman–Crippen LogP) is 1.47. The van der Waals surface area contributed by atoms with Gasteiger partial charge in [-0.3, -0.25) is 9.59 Å². The molecular formula is C17H24ClF2N3O3. The van der Waals surface area contributed by atoms with E-state index < -0.39 is 17.7 Å². The molecule has 0 radical (unpaired) electrons. The van der Waals surface area contributed by atoms with Gasteiger partial charge in [-0.15, -0.1) is 12.4 Å². The van der Waals surface area contributed by atoms with Crippen LogP contribution in [0.4, 0.5) is 8.78 Å². The zero-order valence-corrected chi connectivity index (χ0v) is 15.4. The molecule has 1 saturated heterocycles. The number of rotatable bonds is 6. The molecule has 9 heteroatoms. The van der Waals surface area contributed by atoms with Crippen molar-refractivity contribution in [1.82, 2.24) is 10.2 Å². The number of piperidine rings is 1. The zero-order chi connectivity index (χ0) is 18.4. The molecule has 1 fully saturated rings. The SMILES string of the molecule is CC(Oc1ccc(F)c(F)c1)C(=O)N1CCCC(C(=O)NCCN)C1.Cl. The summed E-state index contributed by atoms with van der Waals surface area (Å²) in [5.74, 6) is -2.62. The van der Waals surface area contributed by atoms with Crippen molar-refractivity contribution in [3.05, 3.63) is 29.8 Å². The van der Waals surface area contributed by atoms with E-state index in [1.54, 1.807) is 11.8 Å². The highest BCUT2D eigenvalue weighted by atomic mass is 35.5. The Hall–Kier alpha value is -1.93. The van der Waals surface area contributed by atoms with Crippen molar-refractivity contribution in [1.29, 1.82) is 0 Å². The number of hydrogen-bond donors (Lipinski definition) is 2. The number of hydrogen-bond acceptors (Lipinski definition) is 4. The van der Waals surface area contributed by atoms with E-state index in [1.165, 1.54) is 6.07 Å². The molecule has 1 aliphatic heterocycles. The third kappa shape index (κ3) is 5.81. The van der Waals surface area contributed by atoms with Gasteiger partial charge in [-0.2, -0.15) is 0 Å². The largest absolute Gasteiger partial charge is 0.481 e. The summed E-state index contributed by atoms with van der Waals surface area (Å²) in [4.78, 5) is 26.1. The molecule has 146 valence electrons. The Morgan fingerprint density at radius 1 is 1.38 bits per heavy atom. The molecule has 1 aromatic carbocycles. The summed E-state index contributed by atoms with van der Waals surface area (Å²) in [6.45, 7) is 3.15. The van der Waals surface area contributed by atoms with Gasteiger partial charge in [0.05, 0.1) is 5.92 Å². The summed E-state index contributed by atoms with van der Waals surface area (Å²) in [5.41, 5.74) is 5.37. The molecule has 26 heavy (non-hydrogen) atoms. The maximum atomic E-state index is 13.2. The van der Waals surface area contributed by atoms with E-state index in [-0.39, 0.29) is 35.9 Å². The number of nitrogens with zero attached hydrogens (tertiary/aromatic N) is 1. The average Bonchev–Trinajstić information content (AvgIpc) is 2.62. The Morgan fingerprint density at radius 2 is 2.12 bits per heavy atom. The highest BCUT2D eigenvalue weighted by Gasteiger charge is 2.31.